The molecular weight excluding hydrogens is 235 g/mol. The first-order chi connectivity index (χ1) is 7.94. The van der Waals surface area contributed by atoms with Gasteiger partial charge in [0.05, 0.1) is 6.20 Å². The highest BCUT2D eigenvalue weighted by Gasteiger charge is 2.30. The predicted octanol–water partition coefficient (Wildman–Crippen LogP) is 3.55. The van der Waals surface area contributed by atoms with Crippen molar-refractivity contribution in [1.29, 1.82) is 0 Å². The third-order valence-electron chi connectivity index (χ3n) is 1.96. The summed E-state index contributed by atoms with van der Waals surface area (Å²) in [5.41, 5.74) is 0.590. The maximum atomic E-state index is 11.9. The quantitative estimate of drug-likeness (QED) is 0.809. The van der Waals surface area contributed by atoms with Crippen LogP contribution in [-0.2, 0) is 0 Å². The number of halogens is 3. The summed E-state index contributed by atoms with van der Waals surface area (Å²) in [7, 11) is 0. The van der Waals surface area contributed by atoms with Crippen molar-refractivity contribution in [2.75, 3.05) is 0 Å². The van der Waals surface area contributed by atoms with Crippen molar-refractivity contribution >= 4 is 0 Å². The van der Waals surface area contributed by atoms with E-state index in [1.54, 1.807) is 6.92 Å². The molecular formula is C11H8F3NO2. The number of rotatable bonds is 2. The molecule has 0 saturated heterocycles. The van der Waals surface area contributed by atoms with E-state index >= 15 is 0 Å². The lowest BCUT2D eigenvalue weighted by Gasteiger charge is -2.08. The smallest absolute Gasteiger partial charge is 0.441 e. The summed E-state index contributed by atoms with van der Waals surface area (Å²) in [6.07, 6.45) is -3.14. The number of hydrogen-bond acceptors (Lipinski definition) is 3. The molecule has 17 heavy (non-hydrogen) atoms. The van der Waals surface area contributed by atoms with Gasteiger partial charge in [0.2, 0.25) is 5.89 Å². The molecule has 0 saturated carbocycles. The van der Waals surface area contributed by atoms with E-state index in [9.17, 15) is 13.2 Å². The van der Waals surface area contributed by atoms with Crippen molar-refractivity contribution in [2.45, 2.75) is 13.3 Å². The minimum Gasteiger partial charge on any atom is -0.441 e. The molecule has 1 aromatic heterocycles. The number of nitrogens with zero attached hydrogens (tertiary/aromatic N) is 1. The summed E-state index contributed by atoms with van der Waals surface area (Å²) in [4.78, 5) is 3.96. The molecule has 0 aliphatic carbocycles. The zero-order valence-electron chi connectivity index (χ0n) is 8.78. The van der Waals surface area contributed by atoms with Crippen LogP contribution in [0.4, 0.5) is 13.2 Å². The number of ether oxygens (including phenoxy) is 1. The van der Waals surface area contributed by atoms with E-state index in [2.05, 4.69) is 9.72 Å². The SMILES string of the molecule is Cc1cnc(-c2ccc(OC(F)(F)F)cc2)o1. The van der Waals surface area contributed by atoms with Crippen LogP contribution in [0.5, 0.6) is 5.75 Å². The molecule has 1 heterocycles. The van der Waals surface area contributed by atoms with Gasteiger partial charge in [-0.2, -0.15) is 0 Å². The first-order valence-corrected chi connectivity index (χ1v) is 4.73. The van der Waals surface area contributed by atoms with Gasteiger partial charge in [-0.25, -0.2) is 4.98 Å². The van der Waals surface area contributed by atoms with E-state index in [0.29, 0.717) is 17.2 Å². The molecule has 2 rings (SSSR count). The minimum atomic E-state index is -4.68. The van der Waals surface area contributed by atoms with Crippen LogP contribution < -0.4 is 4.74 Å². The second-order valence-electron chi connectivity index (χ2n) is 3.35. The van der Waals surface area contributed by atoms with Crippen LogP contribution in [0.1, 0.15) is 5.76 Å². The molecule has 0 aliphatic heterocycles. The van der Waals surface area contributed by atoms with Gasteiger partial charge in [-0.3, -0.25) is 0 Å². The number of oxazole rings is 1. The van der Waals surface area contributed by atoms with Gasteiger partial charge in [0, 0.05) is 5.56 Å². The van der Waals surface area contributed by atoms with Crippen molar-refractivity contribution in [1.82, 2.24) is 4.98 Å². The monoisotopic (exact) mass is 243 g/mol. The van der Waals surface area contributed by atoms with Gasteiger partial charge in [0.15, 0.2) is 0 Å². The van der Waals surface area contributed by atoms with Crippen molar-refractivity contribution in [3.8, 4) is 17.2 Å². The molecule has 0 aliphatic rings. The number of aromatic nitrogens is 1. The third kappa shape index (κ3) is 2.99. The van der Waals surface area contributed by atoms with E-state index in [-0.39, 0.29) is 5.75 Å². The van der Waals surface area contributed by atoms with Gasteiger partial charge < -0.3 is 9.15 Å². The molecule has 0 spiro atoms. The second kappa shape index (κ2) is 4.12. The Labute approximate surface area is 94.8 Å². The predicted molar refractivity (Wildman–Crippen MR) is 53.4 cm³/mol. The fourth-order valence-electron chi connectivity index (χ4n) is 1.29. The molecule has 90 valence electrons. The topological polar surface area (TPSA) is 35.3 Å². The fourth-order valence-corrected chi connectivity index (χ4v) is 1.29. The summed E-state index contributed by atoms with van der Waals surface area (Å²) in [6, 6.07) is 5.32. The number of alkyl halides is 3. The lowest BCUT2D eigenvalue weighted by Crippen LogP contribution is -2.16. The van der Waals surface area contributed by atoms with Gasteiger partial charge >= 0.3 is 6.36 Å². The minimum absolute atomic E-state index is 0.274. The molecule has 3 nitrogen and oxygen atoms in total. The van der Waals surface area contributed by atoms with Gasteiger partial charge in [0.1, 0.15) is 11.5 Å². The molecule has 0 bridgehead atoms. The summed E-state index contributed by atoms with van der Waals surface area (Å²) in [6.45, 7) is 1.73. The molecule has 0 unspecified atom stereocenters. The Morgan fingerprint density at radius 2 is 1.82 bits per heavy atom. The van der Waals surface area contributed by atoms with Crippen molar-refractivity contribution in [3.05, 3.63) is 36.2 Å². The summed E-state index contributed by atoms with van der Waals surface area (Å²) in [5.74, 6) is 0.723. The lowest BCUT2D eigenvalue weighted by atomic mass is 10.2. The van der Waals surface area contributed by atoms with E-state index in [0.717, 1.165) is 0 Å². The molecule has 0 radical (unpaired) electrons. The van der Waals surface area contributed by atoms with Gasteiger partial charge in [-0.05, 0) is 31.2 Å². The average Bonchev–Trinajstić information content (AvgIpc) is 2.63. The van der Waals surface area contributed by atoms with Crippen LogP contribution in [0, 0.1) is 6.92 Å². The molecule has 1 aromatic carbocycles. The number of aryl methyl sites for hydroxylation is 1. The zero-order chi connectivity index (χ0) is 12.5. The van der Waals surface area contributed by atoms with Crippen LogP contribution >= 0.6 is 0 Å². The Hall–Kier alpha value is -1.98. The molecule has 0 fully saturated rings. The Kier molecular flexibility index (Phi) is 2.79. The maximum Gasteiger partial charge on any atom is 0.573 e. The number of hydrogen-bond donors (Lipinski definition) is 0. The summed E-state index contributed by atoms with van der Waals surface area (Å²) in [5, 5.41) is 0. The molecule has 6 heteroatoms. The zero-order valence-corrected chi connectivity index (χ0v) is 8.78. The van der Waals surface area contributed by atoms with Crippen molar-refractivity contribution < 1.29 is 22.3 Å². The molecule has 0 atom stereocenters. The van der Waals surface area contributed by atoms with E-state index in [1.807, 2.05) is 0 Å². The Balaban J connectivity index is 2.19. The molecule has 0 amide bonds. The lowest BCUT2D eigenvalue weighted by molar-refractivity contribution is -0.274. The van der Waals surface area contributed by atoms with E-state index in [4.69, 9.17) is 4.42 Å². The first kappa shape index (κ1) is 11.5. The first-order valence-electron chi connectivity index (χ1n) is 4.73. The van der Waals surface area contributed by atoms with Crippen LogP contribution in [0.2, 0.25) is 0 Å². The summed E-state index contributed by atoms with van der Waals surface area (Å²) >= 11 is 0. The third-order valence-corrected chi connectivity index (χ3v) is 1.96. The highest BCUT2D eigenvalue weighted by molar-refractivity contribution is 5.54. The maximum absolute atomic E-state index is 11.9. The highest BCUT2D eigenvalue weighted by Crippen LogP contribution is 2.26. The van der Waals surface area contributed by atoms with E-state index in [1.165, 1.54) is 30.5 Å². The highest BCUT2D eigenvalue weighted by atomic mass is 19.4. The molecule has 0 N–H and O–H groups in total. The normalized spacial score (nSPS) is 11.5. The van der Waals surface area contributed by atoms with Crippen LogP contribution in [0.25, 0.3) is 11.5 Å². The van der Waals surface area contributed by atoms with Gasteiger partial charge in [-0.1, -0.05) is 0 Å². The van der Waals surface area contributed by atoms with Crippen LogP contribution in [0.3, 0.4) is 0 Å². The number of benzene rings is 1. The average molecular weight is 243 g/mol. The standard InChI is InChI=1S/C11H8F3NO2/c1-7-6-15-10(16-7)8-2-4-9(5-3-8)17-11(12,13)14/h2-6H,1H3. The molecule has 2 aromatic rings. The van der Waals surface area contributed by atoms with Crippen molar-refractivity contribution in [2.24, 2.45) is 0 Å². The van der Waals surface area contributed by atoms with Gasteiger partial charge in [-0.15, -0.1) is 13.2 Å². The van der Waals surface area contributed by atoms with E-state index < -0.39 is 6.36 Å². The second-order valence-corrected chi connectivity index (χ2v) is 3.35. The Morgan fingerprint density at radius 3 is 2.29 bits per heavy atom. The Bertz CT molecular complexity index is 502. The van der Waals surface area contributed by atoms with Gasteiger partial charge in [0.25, 0.3) is 0 Å². The Morgan fingerprint density at radius 1 is 1.18 bits per heavy atom. The van der Waals surface area contributed by atoms with Crippen LogP contribution in [0.15, 0.2) is 34.9 Å². The fraction of sp³-hybridized carbons (Fsp3) is 0.182. The van der Waals surface area contributed by atoms with Crippen molar-refractivity contribution in [3.63, 3.8) is 0 Å². The summed E-state index contributed by atoms with van der Waals surface area (Å²) < 4.78 is 44.7. The van der Waals surface area contributed by atoms with Crippen LogP contribution in [-0.4, -0.2) is 11.3 Å². The largest absolute Gasteiger partial charge is 0.573 e.